The van der Waals surface area contributed by atoms with Crippen LogP contribution in [0.25, 0.3) is 0 Å². The maximum Gasteiger partial charge on any atom is 0.256 e. The van der Waals surface area contributed by atoms with Crippen LogP contribution < -0.4 is 10.6 Å². The van der Waals surface area contributed by atoms with Gasteiger partial charge in [0.2, 0.25) is 5.91 Å². The summed E-state index contributed by atoms with van der Waals surface area (Å²) in [5, 5.41) is 15.1. The average Bonchev–Trinajstić information content (AvgIpc) is 2.74. The van der Waals surface area contributed by atoms with Crippen LogP contribution in [0.4, 0.5) is 11.4 Å². The quantitative estimate of drug-likeness (QED) is 0.536. The summed E-state index contributed by atoms with van der Waals surface area (Å²) in [6.07, 6.45) is 0. The Morgan fingerprint density at radius 2 is 1.69 bits per heavy atom. The highest BCUT2D eigenvalue weighted by Gasteiger charge is 2.13. The van der Waals surface area contributed by atoms with Crippen LogP contribution in [-0.2, 0) is 4.79 Å². The molecule has 0 aliphatic heterocycles. The number of rotatable bonds is 6. The summed E-state index contributed by atoms with van der Waals surface area (Å²) in [7, 11) is 0. The molecule has 0 atom stereocenters. The van der Waals surface area contributed by atoms with E-state index in [2.05, 4.69) is 10.6 Å². The fourth-order valence-electron chi connectivity index (χ4n) is 2.52. The zero-order valence-corrected chi connectivity index (χ0v) is 16.8. The molecule has 5 nitrogen and oxygen atoms in total. The number of thioether (sulfide) groups is 1. The number of carbonyl (C=O) groups excluding carboxylic acids is 2. The zero-order valence-electron chi connectivity index (χ0n) is 15.2. The topological polar surface area (TPSA) is 82.0 Å². The van der Waals surface area contributed by atoms with Gasteiger partial charge in [-0.25, -0.2) is 0 Å². The Morgan fingerprint density at radius 3 is 2.45 bits per heavy atom. The third kappa shape index (κ3) is 5.85. The van der Waals surface area contributed by atoms with Crippen molar-refractivity contribution in [3.63, 3.8) is 0 Å². The van der Waals surface area contributed by atoms with Gasteiger partial charge >= 0.3 is 0 Å². The molecule has 0 spiro atoms. The van der Waals surface area contributed by atoms with Gasteiger partial charge < -0.3 is 10.6 Å². The number of anilines is 2. The van der Waals surface area contributed by atoms with Crippen molar-refractivity contribution in [2.45, 2.75) is 4.90 Å². The SMILES string of the molecule is N#Cc1cccc(NC(=O)CSc2ccccc2C(=O)Nc2ccc(Cl)cc2)c1. The van der Waals surface area contributed by atoms with E-state index < -0.39 is 0 Å². The van der Waals surface area contributed by atoms with E-state index in [1.807, 2.05) is 12.1 Å². The number of halogens is 1. The van der Waals surface area contributed by atoms with Crippen LogP contribution in [0.2, 0.25) is 5.02 Å². The molecule has 0 heterocycles. The first kappa shape index (κ1) is 20.5. The van der Waals surface area contributed by atoms with Gasteiger partial charge in [-0.05, 0) is 54.6 Å². The summed E-state index contributed by atoms with van der Waals surface area (Å²) in [6.45, 7) is 0. The molecule has 0 fully saturated rings. The molecule has 0 bridgehead atoms. The summed E-state index contributed by atoms with van der Waals surface area (Å²) in [6, 6.07) is 22.7. The molecule has 0 aliphatic carbocycles. The van der Waals surface area contributed by atoms with Gasteiger partial charge in [-0.15, -0.1) is 11.8 Å². The van der Waals surface area contributed by atoms with Crippen molar-refractivity contribution in [1.29, 1.82) is 5.26 Å². The first-order chi connectivity index (χ1) is 14.0. The molecular formula is C22H16ClN3O2S. The summed E-state index contributed by atoms with van der Waals surface area (Å²) < 4.78 is 0. The fourth-order valence-corrected chi connectivity index (χ4v) is 3.49. The summed E-state index contributed by atoms with van der Waals surface area (Å²) >= 11 is 7.13. The van der Waals surface area contributed by atoms with Crippen molar-refractivity contribution >= 4 is 46.6 Å². The molecule has 7 heteroatoms. The lowest BCUT2D eigenvalue weighted by Gasteiger charge is -2.10. The van der Waals surface area contributed by atoms with Crippen LogP contribution in [0.5, 0.6) is 0 Å². The van der Waals surface area contributed by atoms with Gasteiger partial charge in [-0.3, -0.25) is 9.59 Å². The molecule has 0 saturated carbocycles. The minimum Gasteiger partial charge on any atom is -0.325 e. The molecule has 2 amide bonds. The van der Waals surface area contributed by atoms with E-state index in [0.717, 1.165) is 0 Å². The van der Waals surface area contributed by atoms with Gasteiger partial charge in [0, 0.05) is 21.3 Å². The monoisotopic (exact) mass is 421 g/mol. The Kier molecular flexibility index (Phi) is 6.90. The number of nitrogens with zero attached hydrogens (tertiary/aromatic N) is 1. The van der Waals surface area contributed by atoms with Crippen molar-refractivity contribution in [3.05, 3.63) is 88.9 Å². The summed E-state index contributed by atoms with van der Waals surface area (Å²) in [5.41, 5.74) is 2.14. The summed E-state index contributed by atoms with van der Waals surface area (Å²) in [5.74, 6) is -0.363. The number of nitrogens with one attached hydrogen (secondary N) is 2. The van der Waals surface area contributed by atoms with E-state index in [1.54, 1.807) is 66.7 Å². The number of hydrogen-bond acceptors (Lipinski definition) is 4. The molecule has 0 aromatic heterocycles. The second kappa shape index (κ2) is 9.78. The third-order valence-electron chi connectivity index (χ3n) is 3.87. The molecule has 0 aliphatic rings. The molecule has 3 aromatic rings. The zero-order chi connectivity index (χ0) is 20.6. The Hall–Kier alpha value is -3.27. The third-order valence-corrected chi connectivity index (χ3v) is 5.19. The normalized spacial score (nSPS) is 10.1. The number of carbonyl (C=O) groups is 2. The van der Waals surface area contributed by atoms with Crippen molar-refractivity contribution in [2.24, 2.45) is 0 Å². The molecule has 29 heavy (non-hydrogen) atoms. The average molecular weight is 422 g/mol. The second-order valence-electron chi connectivity index (χ2n) is 5.99. The van der Waals surface area contributed by atoms with Crippen molar-refractivity contribution in [2.75, 3.05) is 16.4 Å². The molecular weight excluding hydrogens is 406 g/mol. The van der Waals surface area contributed by atoms with Gasteiger partial charge in [0.05, 0.1) is 22.9 Å². The number of nitriles is 1. The van der Waals surface area contributed by atoms with E-state index in [9.17, 15) is 9.59 Å². The fraction of sp³-hybridized carbons (Fsp3) is 0.0455. The van der Waals surface area contributed by atoms with Gasteiger partial charge in [0.25, 0.3) is 5.91 Å². The van der Waals surface area contributed by atoms with E-state index in [-0.39, 0.29) is 17.6 Å². The second-order valence-corrected chi connectivity index (χ2v) is 7.44. The molecule has 0 radical (unpaired) electrons. The highest BCUT2D eigenvalue weighted by molar-refractivity contribution is 8.00. The smallest absolute Gasteiger partial charge is 0.256 e. The van der Waals surface area contributed by atoms with E-state index >= 15 is 0 Å². The first-order valence-corrected chi connectivity index (χ1v) is 10.0. The van der Waals surface area contributed by atoms with Gasteiger partial charge in [0.15, 0.2) is 0 Å². The van der Waals surface area contributed by atoms with Crippen LogP contribution in [0.3, 0.4) is 0 Å². The van der Waals surface area contributed by atoms with Gasteiger partial charge in [-0.2, -0.15) is 5.26 Å². The number of amides is 2. The van der Waals surface area contributed by atoms with Crippen LogP contribution >= 0.6 is 23.4 Å². The Labute approximate surface area is 177 Å². The minimum atomic E-state index is -0.266. The van der Waals surface area contributed by atoms with Crippen molar-refractivity contribution in [3.8, 4) is 6.07 Å². The molecule has 3 rings (SSSR count). The predicted octanol–water partition coefficient (Wildman–Crippen LogP) is 5.19. The van der Waals surface area contributed by atoms with Crippen LogP contribution in [0, 0.1) is 11.3 Å². The Morgan fingerprint density at radius 1 is 0.931 bits per heavy atom. The van der Waals surface area contributed by atoms with E-state index in [0.29, 0.717) is 32.4 Å². The maximum atomic E-state index is 12.6. The lowest BCUT2D eigenvalue weighted by molar-refractivity contribution is -0.113. The molecule has 144 valence electrons. The van der Waals surface area contributed by atoms with Crippen LogP contribution in [-0.4, -0.2) is 17.6 Å². The van der Waals surface area contributed by atoms with Crippen LogP contribution in [0.1, 0.15) is 15.9 Å². The molecule has 0 saturated heterocycles. The van der Waals surface area contributed by atoms with Crippen LogP contribution in [0.15, 0.2) is 77.7 Å². The maximum absolute atomic E-state index is 12.6. The number of benzene rings is 3. The minimum absolute atomic E-state index is 0.127. The number of hydrogen-bond donors (Lipinski definition) is 2. The molecule has 2 N–H and O–H groups in total. The standard InChI is InChI=1S/C22H16ClN3O2S/c23-16-8-10-17(11-9-16)26-22(28)19-6-1-2-7-20(19)29-14-21(27)25-18-5-3-4-15(12-18)13-24/h1-12H,14H2,(H,25,27)(H,26,28). The van der Waals surface area contributed by atoms with Gasteiger partial charge in [0.1, 0.15) is 0 Å². The lowest BCUT2D eigenvalue weighted by Crippen LogP contribution is -2.16. The van der Waals surface area contributed by atoms with E-state index in [4.69, 9.17) is 16.9 Å². The van der Waals surface area contributed by atoms with Crippen molar-refractivity contribution < 1.29 is 9.59 Å². The predicted molar refractivity (Wildman–Crippen MR) is 116 cm³/mol. The van der Waals surface area contributed by atoms with Crippen molar-refractivity contribution in [1.82, 2.24) is 0 Å². The van der Waals surface area contributed by atoms with Gasteiger partial charge in [-0.1, -0.05) is 29.8 Å². The highest BCUT2D eigenvalue weighted by atomic mass is 35.5. The molecule has 3 aromatic carbocycles. The largest absolute Gasteiger partial charge is 0.325 e. The van der Waals surface area contributed by atoms with E-state index in [1.165, 1.54) is 11.8 Å². The lowest BCUT2D eigenvalue weighted by atomic mass is 10.2. The summed E-state index contributed by atoms with van der Waals surface area (Å²) in [4.78, 5) is 25.6. The Bertz CT molecular complexity index is 1080. The molecule has 0 unspecified atom stereocenters. The first-order valence-electron chi connectivity index (χ1n) is 8.64. The Balaban J connectivity index is 1.64. The highest BCUT2D eigenvalue weighted by Crippen LogP contribution is 2.24.